The molecule has 0 saturated carbocycles. The third-order valence-electron chi connectivity index (χ3n) is 4.90. The van der Waals surface area contributed by atoms with Crippen LogP contribution in [0.3, 0.4) is 0 Å². The summed E-state index contributed by atoms with van der Waals surface area (Å²) in [6.07, 6.45) is 10.2. The highest BCUT2D eigenvalue weighted by Crippen LogP contribution is 2.27. The lowest BCUT2D eigenvalue weighted by Gasteiger charge is -2.32. The van der Waals surface area contributed by atoms with Gasteiger partial charge in [-0.3, -0.25) is 9.79 Å². The van der Waals surface area contributed by atoms with Gasteiger partial charge in [-0.2, -0.15) is 0 Å². The first kappa shape index (κ1) is 27.2. The lowest BCUT2D eigenvalue weighted by atomic mass is 10.0. The SMILES string of the molecule is C\C=C/C=C(C)/C=N\C(=C\COc1ccc(CC(C)C)c(OC)c1)C(=O)N(C)C(C)(C)C. The van der Waals surface area contributed by atoms with Crippen molar-refractivity contribution in [3.8, 4) is 11.5 Å². The Morgan fingerprint density at radius 2 is 1.94 bits per heavy atom. The van der Waals surface area contributed by atoms with Crippen LogP contribution in [0.4, 0.5) is 0 Å². The summed E-state index contributed by atoms with van der Waals surface area (Å²) in [5, 5.41) is 0. The number of aliphatic imine (C=N–C) groups is 1. The van der Waals surface area contributed by atoms with E-state index in [0.717, 1.165) is 23.3 Å². The van der Waals surface area contributed by atoms with Gasteiger partial charge in [0.2, 0.25) is 0 Å². The second-order valence-electron chi connectivity index (χ2n) is 9.20. The topological polar surface area (TPSA) is 51.1 Å². The molecule has 0 aromatic heterocycles. The van der Waals surface area contributed by atoms with Gasteiger partial charge in [-0.05, 0) is 70.2 Å². The number of carbonyl (C=O) groups excluding carboxylic acids is 1. The Kier molecular flexibility index (Phi) is 11.0. The van der Waals surface area contributed by atoms with Crippen molar-refractivity contribution in [2.45, 2.75) is 60.4 Å². The number of ether oxygens (including phenoxy) is 2. The maximum atomic E-state index is 13.0. The Balaban J connectivity index is 3.08. The highest BCUT2D eigenvalue weighted by atomic mass is 16.5. The molecule has 1 amide bonds. The number of likely N-dealkylation sites (N-methyl/N-ethyl adjacent to an activating group) is 1. The molecule has 0 unspecified atom stereocenters. The Bertz CT molecular complexity index is 871. The zero-order valence-corrected chi connectivity index (χ0v) is 21.2. The molecule has 5 nitrogen and oxygen atoms in total. The van der Waals surface area contributed by atoms with Gasteiger partial charge < -0.3 is 14.4 Å². The van der Waals surface area contributed by atoms with Crippen LogP contribution < -0.4 is 9.47 Å². The molecule has 0 atom stereocenters. The fourth-order valence-corrected chi connectivity index (χ4v) is 2.77. The predicted molar refractivity (Wildman–Crippen MR) is 135 cm³/mol. The first-order valence-corrected chi connectivity index (χ1v) is 11.1. The minimum absolute atomic E-state index is 0.152. The van der Waals surface area contributed by atoms with E-state index in [1.165, 1.54) is 0 Å². The smallest absolute Gasteiger partial charge is 0.272 e. The summed E-state index contributed by atoms with van der Waals surface area (Å²) < 4.78 is 11.4. The van der Waals surface area contributed by atoms with Gasteiger partial charge in [0.1, 0.15) is 23.8 Å². The van der Waals surface area contributed by atoms with Crippen molar-refractivity contribution in [3.63, 3.8) is 0 Å². The third-order valence-corrected chi connectivity index (χ3v) is 4.90. The van der Waals surface area contributed by atoms with Crippen LogP contribution in [-0.4, -0.2) is 43.3 Å². The van der Waals surface area contributed by atoms with E-state index in [1.54, 1.807) is 31.3 Å². The summed E-state index contributed by atoms with van der Waals surface area (Å²) in [4.78, 5) is 19.2. The summed E-state index contributed by atoms with van der Waals surface area (Å²) in [5.41, 5.74) is 2.13. The van der Waals surface area contributed by atoms with Crippen molar-refractivity contribution in [1.82, 2.24) is 4.90 Å². The maximum absolute atomic E-state index is 13.0. The Labute approximate surface area is 194 Å². The molecule has 176 valence electrons. The standard InChI is InChI=1S/C27H40N2O3/c1-10-11-12-21(4)19-28-24(26(30)29(8)27(5,6)7)15-16-32-23-14-13-22(17-20(2)3)25(18-23)31-9/h10-15,18-20H,16-17H2,1-9H3/b11-10-,21-12+,24-15+,28-19-. The van der Waals surface area contributed by atoms with Gasteiger partial charge in [-0.25, -0.2) is 0 Å². The fraction of sp³-hybridized carbons (Fsp3) is 0.481. The summed E-state index contributed by atoms with van der Waals surface area (Å²) in [6, 6.07) is 5.86. The number of amides is 1. The summed E-state index contributed by atoms with van der Waals surface area (Å²) >= 11 is 0. The van der Waals surface area contributed by atoms with Crippen LogP contribution in [0.25, 0.3) is 0 Å². The Hall–Kier alpha value is -2.82. The number of hydrogen-bond donors (Lipinski definition) is 0. The van der Waals surface area contributed by atoms with Crippen LogP contribution in [0.2, 0.25) is 0 Å². The van der Waals surface area contributed by atoms with E-state index in [0.29, 0.717) is 17.4 Å². The van der Waals surface area contributed by atoms with Gasteiger partial charge in [-0.1, -0.05) is 38.1 Å². The van der Waals surface area contributed by atoms with Crippen LogP contribution in [-0.2, 0) is 11.2 Å². The molecule has 0 bridgehead atoms. The zero-order chi connectivity index (χ0) is 24.3. The van der Waals surface area contributed by atoms with E-state index in [1.807, 2.05) is 71.0 Å². The van der Waals surface area contributed by atoms with E-state index in [2.05, 4.69) is 18.8 Å². The molecule has 0 radical (unpaired) electrons. The largest absolute Gasteiger partial charge is 0.496 e. The monoisotopic (exact) mass is 440 g/mol. The van der Waals surface area contributed by atoms with Crippen molar-refractivity contribution in [3.05, 3.63) is 59.3 Å². The van der Waals surface area contributed by atoms with Gasteiger partial charge in [0.05, 0.1) is 7.11 Å². The molecule has 32 heavy (non-hydrogen) atoms. The second kappa shape index (κ2) is 12.9. The second-order valence-corrected chi connectivity index (χ2v) is 9.20. The van der Waals surface area contributed by atoms with Crippen LogP contribution in [0, 0.1) is 5.92 Å². The Morgan fingerprint density at radius 1 is 1.25 bits per heavy atom. The van der Waals surface area contributed by atoms with Crippen molar-refractivity contribution in [1.29, 1.82) is 0 Å². The van der Waals surface area contributed by atoms with E-state index >= 15 is 0 Å². The molecule has 5 heteroatoms. The zero-order valence-electron chi connectivity index (χ0n) is 21.2. The first-order valence-electron chi connectivity index (χ1n) is 11.1. The van der Waals surface area contributed by atoms with Gasteiger partial charge in [-0.15, -0.1) is 0 Å². The van der Waals surface area contributed by atoms with Crippen LogP contribution in [0.5, 0.6) is 11.5 Å². The molecule has 0 aliphatic heterocycles. The van der Waals surface area contributed by atoms with E-state index in [-0.39, 0.29) is 18.1 Å². The van der Waals surface area contributed by atoms with Crippen LogP contribution >= 0.6 is 0 Å². The number of benzene rings is 1. The fourth-order valence-electron chi connectivity index (χ4n) is 2.77. The van der Waals surface area contributed by atoms with Crippen LogP contribution in [0.1, 0.15) is 54.0 Å². The molecule has 1 rings (SSSR count). The summed E-state index contributed by atoms with van der Waals surface area (Å²) in [6.45, 7) is 14.5. The van der Waals surface area contributed by atoms with Gasteiger partial charge in [0.15, 0.2) is 0 Å². The van der Waals surface area contributed by atoms with Crippen molar-refractivity contribution in [2.24, 2.45) is 10.9 Å². The first-order chi connectivity index (χ1) is 15.0. The quantitative estimate of drug-likeness (QED) is 0.254. The van der Waals surface area contributed by atoms with Gasteiger partial charge in [0, 0.05) is 24.9 Å². The normalized spacial score (nSPS) is 13.3. The minimum atomic E-state index is -0.317. The average Bonchev–Trinajstić information content (AvgIpc) is 2.73. The highest BCUT2D eigenvalue weighted by Gasteiger charge is 2.24. The molecule has 0 aliphatic carbocycles. The number of hydrogen-bond acceptors (Lipinski definition) is 4. The third kappa shape index (κ3) is 9.13. The van der Waals surface area contributed by atoms with Crippen LogP contribution in [0.15, 0.2) is 58.8 Å². The van der Waals surface area contributed by atoms with E-state index in [4.69, 9.17) is 9.47 Å². The number of allylic oxidation sites excluding steroid dienone is 4. The summed E-state index contributed by atoms with van der Waals surface area (Å²) in [5.74, 6) is 1.89. The molecule has 0 saturated heterocycles. The minimum Gasteiger partial charge on any atom is -0.496 e. The van der Waals surface area contributed by atoms with E-state index < -0.39 is 0 Å². The van der Waals surface area contributed by atoms with Crippen molar-refractivity contribution >= 4 is 12.1 Å². The lowest BCUT2D eigenvalue weighted by Crippen LogP contribution is -2.43. The predicted octanol–water partition coefficient (Wildman–Crippen LogP) is 6.01. The molecule has 0 heterocycles. The molecule has 0 spiro atoms. The van der Waals surface area contributed by atoms with Crippen molar-refractivity contribution in [2.75, 3.05) is 20.8 Å². The molecule has 0 N–H and O–H groups in total. The summed E-state index contributed by atoms with van der Waals surface area (Å²) in [7, 11) is 3.45. The number of carbonyl (C=O) groups is 1. The number of rotatable bonds is 10. The van der Waals surface area contributed by atoms with Gasteiger partial charge in [0.25, 0.3) is 5.91 Å². The highest BCUT2D eigenvalue weighted by molar-refractivity contribution is 5.96. The number of nitrogens with zero attached hydrogens (tertiary/aromatic N) is 2. The van der Waals surface area contributed by atoms with Crippen molar-refractivity contribution < 1.29 is 14.3 Å². The molecular formula is C27H40N2O3. The van der Waals surface area contributed by atoms with Gasteiger partial charge >= 0.3 is 0 Å². The molecule has 0 aliphatic rings. The number of methoxy groups -OCH3 is 1. The van der Waals surface area contributed by atoms with E-state index in [9.17, 15) is 4.79 Å². The maximum Gasteiger partial charge on any atom is 0.272 e. The average molecular weight is 441 g/mol. The molecular weight excluding hydrogens is 400 g/mol. The molecule has 0 fully saturated rings. The molecule has 1 aromatic rings. The Morgan fingerprint density at radius 3 is 2.50 bits per heavy atom. The molecule has 1 aromatic carbocycles. The lowest BCUT2D eigenvalue weighted by molar-refractivity contribution is -0.129.